The van der Waals surface area contributed by atoms with E-state index < -0.39 is 0 Å². The summed E-state index contributed by atoms with van der Waals surface area (Å²) in [7, 11) is 1.94. The number of nitrogens with one attached hydrogen (secondary N) is 1. The second-order valence-corrected chi connectivity index (χ2v) is 5.31. The highest BCUT2D eigenvalue weighted by molar-refractivity contribution is 5.89. The Kier molecular flexibility index (Phi) is 4.99. The van der Waals surface area contributed by atoms with Gasteiger partial charge in [0.15, 0.2) is 0 Å². The molecule has 0 amide bonds. The first kappa shape index (κ1) is 14.8. The molecule has 2 unspecified atom stereocenters. The van der Waals surface area contributed by atoms with Crippen molar-refractivity contribution in [2.75, 3.05) is 20.3 Å². The van der Waals surface area contributed by atoms with Crippen molar-refractivity contribution in [1.29, 1.82) is 0 Å². The van der Waals surface area contributed by atoms with E-state index in [1.165, 1.54) is 5.39 Å². The molecule has 3 heteroatoms. The highest BCUT2D eigenvalue weighted by atomic mass is 16.5. The van der Waals surface area contributed by atoms with Gasteiger partial charge in [-0.1, -0.05) is 43.3 Å². The van der Waals surface area contributed by atoms with Gasteiger partial charge >= 0.3 is 0 Å². The lowest BCUT2D eigenvalue weighted by Crippen LogP contribution is -2.17. The highest BCUT2D eigenvalue weighted by Crippen LogP contribution is 2.33. The minimum absolute atomic E-state index is 0.131. The van der Waals surface area contributed by atoms with Crippen LogP contribution in [0.3, 0.4) is 0 Å². The zero-order valence-electron chi connectivity index (χ0n) is 12.4. The van der Waals surface area contributed by atoms with Crippen molar-refractivity contribution in [2.24, 2.45) is 5.92 Å². The van der Waals surface area contributed by atoms with Crippen molar-refractivity contribution < 1.29 is 9.84 Å². The van der Waals surface area contributed by atoms with Crippen molar-refractivity contribution in [3.63, 3.8) is 0 Å². The summed E-state index contributed by atoms with van der Waals surface area (Å²) >= 11 is 0. The smallest absolute Gasteiger partial charge is 0.131 e. The number of aliphatic hydroxyl groups is 1. The molecule has 0 fully saturated rings. The van der Waals surface area contributed by atoms with Crippen LogP contribution in [-0.2, 0) is 0 Å². The molecular formula is C17H23NO2. The minimum Gasteiger partial charge on any atom is -0.492 e. The molecule has 2 atom stereocenters. The predicted octanol–water partition coefficient (Wildman–Crippen LogP) is 3.13. The Morgan fingerprint density at radius 2 is 1.90 bits per heavy atom. The van der Waals surface area contributed by atoms with E-state index in [0.29, 0.717) is 6.61 Å². The van der Waals surface area contributed by atoms with Crippen LogP contribution in [0.25, 0.3) is 10.8 Å². The van der Waals surface area contributed by atoms with Crippen LogP contribution in [0.5, 0.6) is 5.75 Å². The van der Waals surface area contributed by atoms with Crippen LogP contribution in [0.2, 0.25) is 0 Å². The maximum Gasteiger partial charge on any atom is 0.131 e. The lowest BCUT2D eigenvalue weighted by Gasteiger charge is -2.20. The van der Waals surface area contributed by atoms with Gasteiger partial charge in [-0.3, -0.25) is 0 Å². The van der Waals surface area contributed by atoms with Crippen LogP contribution in [0.15, 0.2) is 36.4 Å². The molecule has 3 nitrogen and oxygen atoms in total. The van der Waals surface area contributed by atoms with Gasteiger partial charge < -0.3 is 15.2 Å². The van der Waals surface area contributed by atoms with E-state index in [1.807, 2.05) is 26.1 Å². The Bertz CT molecular complexity index is 568. The molecule has 2 aromatic rings. The lowest BCUT2D eigenvalue weighted by molar-refractivity contribution is 0.174. The summed E-state index contributed by atoms with van der Waals surface area (Å²) in [6.45, 7) is 4.76. The maximum absolute atomic E-state index is 9.16. The van der Waals surface area contributed by atoms with Crippen LogP contribution in [0.1, 0.15) is 25.5 Å². The quantitative estimate of drug-likeness (QED) is 0.849. The summed E-state index contributed by atoms with van der Waals surface area (Å²) in [5.41, 5.74) is 1.15. The molecule has 0 aliphatic heterocycles. The van der Waals surface area contributed by atoms with E-state index in [2.05, 4.69) is 36.5 Å². The zero-order chi connectivity index (χ0) is 14.5. The molecule has 20 heavy (non-hydrogen) atoms. The molecule has 0 spiro atoms. The van der Waals surface area contributed by atoms with Crippen molar-refractivity contribution in [1.82, 2.24) is 5.32 Å². The summed E-state index contributed by atoms with van der Waals surface area (Å²) in [4.78, 5) is 0. The van der Waals surface area contributed by atoms with Crippen molar-refractivity contribution in [2.45, 2.75) is 19.9 Å². The average molecular weight is 273 g/mol. The molecule has 2 rings (SSSR count). The number of hydrogen-bond acceptors (Lipinski definition) is 3. The molecule has 108 valence electrons. The Balaban J connectivity index is 2.44. The predicted molar refractivity (Wildman–Crippen MR) is 83.2 cm³/mol. The molecule has 0 saturated heterocycles. The van der Waals surface area contributed by atoms with Crippen LogP contribution in [0.4, 0.5) is 0 Å². The van der Waals surface area contributed by atoms with Gasteiger partial charge in [0.2, 0.25) is 0 Å². The molecule has 0 aromatic heterocycles. The van der Waals surface area contributed by atoms with E-state index >= 15 is 0 Å². The summed E-state index contributed by atoms with van der Waals surface area (Å²) in [5.74, 6) is 1.05. The molecule has 0 bridgehead atoms. The molecule has 0 aliphatic rings. The number of benzene rings is 2. The summed E-state index contributed by atoms with van der Waals surface area (Å²) in [5, 5.41) is 14.7. The number of hydrogen-bond donors (Lipinski definition) is 2. The summed E-state index contributed by atoms with van der Waals surface area (Å²) < 4.78 is 6.03. The summed E-state index contributed by atoms with van der Waals surface area (Å²) in [6, 6.07) is 12.7. The average Bonchev–Trinajstić information content (AvgIpc) is 2.51. The van der Waals surface area contributed by atoms with E-state index in [4.69, 9.17) is 9.84 Å². The molecule has 0 radical (unpaired) electrons. The van der Waals surface area contributed by atoms with Gasteiger partial charge in [0.05, 0.1) is 6.61 Å². The fraction of sp³-hybridized carbons (Fsp3) is 0.412. The number of ether oxygens (including phenoxy) is 1. The van der Waals surface area contributed by atoms with E-state index in [1.54, 1.807) is 0 Å². The highest BCUT2D eigenvalue weighted by Gasteiger charge is 2.14. The second-order valence-electron chi connectivity index (χ2n) is 5.31. The van der Waals surface area contributed by atoms with Gasteiger partial charge in [0.25, 0.3) is 0 Å². The van der Waals surface area contributed by atoms with Crippen LogP contribution in [-0.4, -0.2) is 25.4 Å². The first-order chi connectivity index (χ1) is 9.67. The van der Waals surface area contributed by atoms with E-state index in [9.17, 15) is 0 Å². The molecule has 0 heterocycles. The van der Waals surface area contributed by atoms with Crippen molar-refractivity contribution in [3.8, 4) is 5.75 Å². The zero-order valence-corrected chi connectivity index (χ0v) is 12.4. The number of rotatable bonds is 6. The lowest BCUT2D eigenvalue weighted by atomic mass is 10.0. The SMILES string of the molecule is CNC(C)c1ccc2ccccc2c1OCC(C)CO. The third-order valence-corrected chi connectivity index (χ3v) is 3.63. The Labute approximate surface area is 120 Å². The summed E-state index contributed by atoms with van der Waals surface area (Å²) in [6.07, 6.45) is 0. The molecule has 0 aliphatic carbocycles. The molecular weight excluding hydrogens is 250 g/mol. The van der Waals surface area contributed by atoms with Crippen LogP contribution < -0.4 is 10.1 Å². The topological polar surface area (TPSA) is 41.5 Å². The third kappa shape index (κ3) is 3.11. The van der Waals surface area contributed by atoms with Crippen LogP contribution >= 0.6 is 0 Å². The maximum atomic E-state index is 9.16. The van der Waals surface area contributed by atoms with Gasteiger partial charge in [-0.05, 0) is 19.4 Å². The van der Waals surface area contributed by atoms with E-state index in [0.717, 1.165) is 16.7 Å². The third-order valence-electron chi connectivity index (χ3n) is 3.63. The Morgan fingerprint density at radius 1 is 1.15 bits per heavy atom. The molecule has 2 N–H and O–H groups in total. The van der Waals surface area contributed by atoms with Gasteiger partial charge in [-0.15, -0.1) is 0 Å². The van der Waals surface area contributed by atoms with Gasteiger partial charge in [0, 0.05) is 29.5 Å². The molecule has 0 saturated carbocycles. The number of fused-ring (bicyclic) bond motifs is 1. The van der Waals surface area contributed by atoms with Gasteiger partial charge in [-0.2, -0.15) is 0 Å². The fourth-order valence-corrected chi connectivity index (χ4v) is 2.20. The fourth-order valence-electron chi connectivity index (χ4n) is 2.20. The minimum atomic E-state index is 0.131. The standard InChI is InChI=1S/C17H23NO2/c1-12(10-19)11-20-17-15(13(2)18-3)9-8-14-6-4-5-7-16(14)17/h4-9,12-13,18-19H,10-11H2,1-3H3. The largest absolute Gasteiger partial charge is 0.492 e. The van der Waals surface area contributed by atoms with Gasteiger partial charge in [-0.25, -0.2) is 0 Å². The second kappa shape index (κ2) is 6.73. The van der Waals surface area contributed by atoms with Crippen molar-refractivity contribution >= 4 is 10.8 Å². The number of aliphatic hydroxyl groups excluding tert-OH is 1. The Morgan fingerprint density at radius 3 is 2.60 bits per heavy atom. The molecule has 2 aromatic carbocycles. The monoisotopic (exact) mass is 273 g/mol. The normalized spacial score (nSPS) is 14.2. The first-order valence-corrected chi connectivity index (χ1v) is 7.10. The van der Waals surface area contributed by atoms with Crippen LogP contribution in [0, 0.1) is 5.92 Å². The van der Waals surface area contributed by atoms with Crippen molar-refractivity contribution in [3.05, 3.63) is 42.0 Å². The van der Waals surface area contributed by atoms with E-state index in [-0.39, 0.29) is 18.6 Å². The first-order valence-electron chi connectivity index (χ1n) is 7.10. The van der Waals surface area contributed by atoms with Gasteiger partial charge in [0.1, 0.15) is 5.75 Å². The Hall–Kier alpha value is -1.58.